The average molecular weight is 282 g/mol. The van der Waals surface area contributed by atoms with Crippen molar-refractivity contribution in [2.75, 3.05) is 0 Å². The molecule has 0 aliphatic carbocycles. The normalized spacial score (nSPS) is 13.0. The van der Waals surface area contributed by atoms with Crippen LogP contribution in [0.15, 0.2) is 41.1 Å². The summed E-state index contributed by atoms with van der Waals surface area (Å²) in [7, 11) is 0. The molecule has 21 heavy (non-hydrogen) atoms. The van der Waals surface area contributed by atoms with Gasteiger partial charge < -0.3 is 10.3 Å². The number of hydrogen-bond acceptors (Lipinski definition) is 5. The van der Waals surface area contributed by atoms with Gasteiger partial charge in [0.05, 0.1) is 11.6 Å². The zero-order valence-corrected chi connectivity index (χ0v) is 12.2. The van der Waals surface area contributed by atoms with Crippen molar-refractivity contribution in [1.29, 1.82) is 0 Å². The number of fused-ring (bicyclic) bond motifs is 1. The number of aromatic nitrogens is 3. The molecular formula is C16H18N4O. The van der Waals surface area contributed by atoms with Crippen LogP contribution in [0.3, 0.4) is 0 Å². The summed E-state index contributed by atoms with van der Waals surface area (Å²) in [5.74, 6) is 1.54. The molecular weight excluding hydrogens is 264 g/mol. The summed E-state index contributed by atoms with van der Waals surface area (Å²) < 4.78 is 5.29. The summed E-state index contributed by atoms with van der Waals surface area (Å²) in [6, 6.07) is 9.61. The number of hydrogen-bond donors (Lipinski definition) is 1. The molecule has 0 unspecified atom stereocenters. The quantitative estimate of drug-likeness (QED) is 0.794. The number of nitrogens with two attached hydrogens (primary N) is 1. The highest BCUT2D eigenvalue weighted by atomic mass is 16.5. The van der Waals surface area contributed by atoms with Crippen LogP contribution in [0, 0.1) is 5.92 Å². The van der Waals surface area contributed by atoms with Gasteiger partial charge in [-0.15, -0.1) is 0 Å². The minimum Gasteiger partial charge on any atom is -0.337 e. The Labute approximate surface area is 123 Å². The molecule has 2 N–H and O–H groups in total. The van der Waals surface area contributed by atoms with Crippen LogP contribution in [0.4, 0.5) is 0 Å². The zero-order chi connectivity index (χ0) is 14.8. The summed E-state index contributed by atoms with van der Waals surface area (Å²) in [5, 5.41) is 5.08. The first kappa shape index (κ1) is 13.7. The molecule has 2 heterocycles. The fraction of sp³-hybridized carbons (Fsp3) is 0.312. The monoisotopic (exact) mass is 282 g/mol. The van der Waals surface area contributed by atoms with E-state index in [1.807, 2.05) is 30.3 Å². The van der Waals surface area contributed by atoms with Gasteiger partial charge >= 0.3 is 0 Å². The fourth-order valence-corrected chi connectivity index (χ4v) is 2.33. The van der Waals surface area contributed by atoms with Crippen LogP contribution in [-0.2, 0) is 0 Å². The molecule has 0 aliphatic rings. The third-order valence-electron chi connectivity index (χ3n) is 3.35. The third-order valence-corrected chi connectivity index (χ3v) is 3.35. The molecule has 0 radical (unpaired) electrons. The van der Waals surface area contributed by atoms with Gasteiger partial charge in [-0.1, -0.05) is 25.1 Å². The predicted molar refractivity (Wildman–Crippen MR) is 81.4 cm³/mol. The molecule has 0 saturated heterocycles. The van der Waals surface area contributed by atoms with Crippen molar-refractivity contribution >= 4 is 10.9 Å². The van der Waals surface area contributed by atoms with Gasteiger partial charge in [0, 0.05) is 17.1 Å². The van der Waals surface area contributed by atoms with Crippen molar-refractivity contribution in [2.24, 2.45) is 11.7 Å². The number of rotatable bonds is 4. The Balaban J connectivity index is 1.90. The Kier molecular flexibility index (Phi) is 3.66. The van der Waals surface area contributed by atoms with E-state index in [4.69, 9.17) is 10.3 Å². The molecule has 3 aromatic rings. The summed E-state index contributed by atoms with van der Waals surface area (Å²) in [6.45, 7) is 4.24. The highest BCUT2D eigenvalue weighted by Crippen LogP contribution is 2.23. The Hall–Kier alpha value is -2.27. The van der Waals surface area contributed by atoms with Crippen molar-refractivity contribution in [3.05, 3.63) is 42.4 Å². The van der Waals surface area contributed by atoms with Gasteiger partial charge in [-0.25, -0.2) is 0 Å². The van der Waals surface area contributed by atoms with Gasteiger partial charge in [0.1, 0.15) is 0 Å². The average Bonchev–Trinajstić information content (AvgIpc) is 2.96. The Morgan fingerprint density at radius 1 is 1.24 bits per heavy atom. The van der Waals surface area contributed by atoms with E-state index >= 15 is 0 Å². The number of nitrogens with zero attached hydrogens (tertiary/aromatic N) is 3. The summed E-state index contributed by atoms with van der Waals surface area (Å²) in [4.78, 5) is 8.71. The Morgan fingerprint density at radius 2 is 2.10 bits per heavy atom. The van der Waals surface area contributed by atoms with Crippen LogP contribution >= 0.6 is 0 Å². The largest absolute Gasteiger partial charge is 0.337 e. The standard InChI is InChI=1S/C16H18N4O/c1-10(2)8-13(17)16-19-15(20-21-16)12-5-6-14-11(9-12)4-3-7-18-14/h3-7,9-10,13H,8,17H2,1-2H3/t13-/m0/s1. The van der Waals surface area contributed by atoms with E-state index in [0.29, 0.717) is 17.6 Å². The van der Waals surface area contributed by atoms with Crippen molar-refractivity contribution in [3.8, 4) is 11.4 Å². The van der Waals surface area contributed by atoms with Crippen LogP contribution in [0.2, 0.25) is 0 Å². The van der Waals surface area contributed by atoms with Gasteiger partial charge in [0.25, 0.3) is 0 Å². The number of pyridine rings is 1. The fourth-order valence-electron chi connectivity index (χ4n) is 2.33. The van der Waals surface area contributed by atoms with Crippen LogP contribution in [0.1, 0.15) is 32.2 Å². The highest BCUT2D eigenvalue weighted by molar-refractivity contribution is 5.82. The SMILES string of the molecule is CC(C)C[C@H](N)c1nc(-c2ccc3ncccc3c2)no1. The van der Waals surface area contributed by atoms with Crippen LogP contribution in [0.5, 0.6) is 0 Å². The summed E-state index contributed by atoms with van der Waals surface area (Å²) in [5.41, 5.74) is 7.92. The first-order chi connectivity index (χ1) is 10.1. The molecule has 1 atom stereocenters. The lowest BCUT2D eigenvalue weighted by atomic mass is 10.0. The molecule has 5 heteroatoms. The minimum absolute atomic E-state index is 0.214. The lowest BCUT2D eigenvalue weighted by Crippen LogP contribution is -2.13. The molecule has 0 aliphatic heterocycles. The lowest BCUT2D eigenvalue weighted by Gasteiger charge is -2.08. The lowest BCUT2D eigenvalue weighted by molar-refractivity contribution is 0.335. The molecule has 5 nitrogen and oxygen atoms in total. The van der Waals surface area contributed by atoms with Gasteiger partial charge in [0.15, 0.2) is 0 Å². The van der Waals surface area contributed by atoms with E-state index in [1.54, 1.807) is 6.20 Å². The molecule has 3 rings (SSSR count). The second-order valence-electron chi connectivity index (χ2n) is 5.60. The molecule has 0 amide bonds. The molecule has 2 aromatic heterocycles. The Morgan fingerprint density at radius 3 is 2.90 bits per heavy atom. The van der Waals surface area contributed by atoms with Gasteiger partial charge in [-0.3, -0.25) is 4.98 Å². The van der Waals surface area contributed by atoms with Crippen molar-refractivity contribution in [1.82, 2.24) is 15.1 Å². The predicted octanol–water partition coefficient (Wildman–Crippen LogP) is 3.33. The smallest absolute Gasteiger partial charge is 0.243 e. The van der Waals surface area contributed by atoms with Crippen molar-refractivity contribution in [2.45, 2.75) is 26.3 Å². The maximum atomic E-state index is 6.07. The van der Waals surface area contributed by atoms with Gasteiger partial charge in [-0.2, -0.15) is 4.98 Å². The summed E-state index contributed by atoms with van der Waals surface area (Å²) >= 11 is 0. The highest BCUT2D eigenvalue weighted by Gasteiger charge is 2.17. The van der Waals surface area contributed by atoms with Crippen LogP contribution in [0.25, 0.3) is 22.3 Å². The van der Waals surface area contributed by atoms with E-state index in [1.165, 1.54) is 0 Å². The molecule has 0 spiro atoms. The summed E-state index contributed by atoms with van der Waals surface area (Å²) in [6.07, 6.45) is 2.60. The second-order valence-corrected chi connectivity index (χ2v) is 5.60. The zero-order valence-electron chi connectivity index (χ0n) is 12.2. The second kappa shape index (κ2) is 5.61. The maximum absolute atomic E-state index is 6.07. The molecule has 0 saturated carbocycles. The first-order valence-corrected chi connectivity index (χ1v) is 7.08. The molecule has 1 aromatic carbocycles. The van der Waals surface area contributed by atoms with Crippen LogP contribution in [-0.4, -0.2) is 15.1 Å². The van der Waals surface area contributed by atoms with E-state index in [-0.39, 0.29) is 6.04 Å². The molecule has 0 fully saturated rings. The van der Waals surface area contributed by atoms with E-state index in [0.717, 1.165) is 22.9 Å². The third kappa shape index (κ3) is 2.92. The van der Waals surface area contributed by atoms with Crippen molar-refractivity contribution in [3.63, 3.8) is 0 Å². The van der Waals surface area contributed by atoms with Crippen LogP contribution < -0.4 is 5.73 Å². The van der Waals surface area contributed by atoms with Crippen molar-refractivity contribution < 1.29 is 4.52 Å². The van der Waals surface area contributed by atoms with E-state index in [2.05, 4.69) is 29.0 Å². The van der Waals surface area contributed by atoms with Gasteiger partial charge in [0.2, 0.25) is 11.7 Å². The number of benzene rings is 1. The first-order valence-electron chi connectivity index (χ1n) is 7.08. The van der Waals surface area contributed by atoms with Gasteiger partial charge in [-0.05, 0) is 36.6 Å². The molecule has 108 valence electrons. The molecule has 0 bridgehead atoms. The van der Waals surface area contributed by atoms with E-state index < -0.39 is 0 Å². The maximum Gasteiger partial charge on any atom is 0.243 e. The van der Waals surface area contributed by atoms with E-state index in [9.17, 15) is 0 Å². The minimum atomic E-state index is -0.214. The Bertz CT molecular complexity index is 751. The topological polar surface area (TPSA) is 77.8 Å².